The number of likely N-dealkylation sites (N-methyl/N-ethyl adjacent to an activating group) is 1. The predicted octanol–water partition coefficient (Wildman–Crippen LogP) is 2.92. The second kappa shape index (κ2) is 7.22. The van der Waals surface area contributed by atoms with Gasteiger partial charge in [-0.05, 0) is 32.9 Å². The zero-order valence-corrected chi connectivity index (χ0v) is 13.6. The zero-order chi connectivity index (χ0) is 16.1. The molecule has 1 N–H and O–H groups in total. The molecule has 0 saturated carbocycles. The molecule has 0 aliphatic carbocycles. The topological polar surface area (TPSA) is 58.4 Å². The maximum absolute atomic E-state index is 12.1. The molecule has 5 heteroatoms. The van der Waals surface area contributed by atoms with Crippen LogP contribution in [0.2, 0.25) is 0 Å². The molecule has 5 nitrogen and oxygen atoms in total. The van der Waals surface area contributed by atoms with Gasteiger partial charge in [-0.1, -0.05) is 41.9 Å². The number of rotatable bonds is 6. The summed E-state index contributed by atoms with van der Waals surface area (Å²) >= 11 is 0. The van der Waals surface area contributed by atoms with Crippen LogP contribution in [0.1, 0.15) is 29.3 Å². The fourth-order valence-electron chi connectivity index (χ4n) is 2.38. The van der Waals surface area contributed by atoms with E-state index in [1.807, 2.05) is 25.8 Å². The van der Waals surface area contributed by atoms with Crippen LogP contribution in [0.15, 0.2) is 28.8 Å². The molecule has 0 aliphatic heterocycles. The van der Waals surface area contributed by atoms with E-state index < -0.39 is 0 Å². The fourth-order valence-corrected chi connectivity index (χ4v) is 2.38. The van der Waals surface area contributed by atoms with E-state index in [1.54, 1.807) is 0 Å². The molecule has 0 radical (unpaired) electrons. The minimum Gasteiger partial charge on any atom is -0.338 e. The van der Waals surface area contributed by atoms with Crippen molar-refractivity contribution < 1.29 is 9.32 Å². The lowest BCUT2D eigenvalue weighted by molar-refractivity contribution is -0.117. The number of benzene rings is 1. The summed E-state index contributed by atoms with van der Waals surface area (Å²) in [6.07, 6.45) is 0.782. The molecule has 0 spiro atoms. The maximum atomic E-state index is 12.1. The van der Waals surface area contributed by atoms with Crippen molar-refractivity contribution in [3.05, 3.63) is 46.6 Å². The van der Waals surface area contributed by atoms with Crippen LogP contribution in [0.3, 0.4) is 0 Å². The summed E-state index contributed by atoms with van der Waals surface area (Å²) < 4.78 is 5.17. The third-order valence-corrected chi connectivity index (χ3v) is 3.58. The van der Waals surface area contributed by atoms with E-state index in [9.17, 15) is 4.79 Å². The van der Waals surface area contributed by atoms with Crippen molar-refractivity contribution in [3.8, 4) is 0 Å². The summed E-state index contributed by atoms with van der Waals surface area (Å²) in [4.78, 5) is 14.1. The van der Waals surface area contributed by atoms with E-state index in [0.717, 1.165) is 24.2 Å². The minimum absolute atomic E-state index is 0.0968. The molecule has 1 amide bonds. The Labute approximate surface area is 131 Å². The number of amides is 1. The van der Waals surface area contributed by atoms with Crippen molar-refractivity contribution in [2.24, 2.45) is 0 Å². The van der Waals surface area contributed by atoms with Gasteiger partial charge in [0.25, 0.3) is 0 Å². The molecule has 118 valence electrons. The Hall–Kier alpha value is -2.14. The van der Waals surface area contributed by atoms with Crippen LogP contribution in [0.5, 0.6) is 0 Å². The van der Waals surface area contributed by atoms with Crippen LogP contribution in [-0.2, 0) is 17.8 Å². The first kappa shape index (κ1) is 16.2. The number of carbonyl (C=O) groups excluding carboxylic acids is 1. The quantitative estimate of drug-likeness (QED) is 0.891. The molecule has 2 aromatic rings. The van der Waals surface area contributed by atoms with Crippen molar-refractivity contribution in [2.75, 3.05) is 18.9 Å². The van der Waals surface area contributed by atoms with Crippen molar-refractivity contribution in [3.63, 3.8) is 0 Å². The Kier molecular flexibility index (Phi) is 5.33. The Morgan fingerprint density at radius 2 is 1.95 bits per heavy atom. The molecular weight excluding hydrogens is 278 g/mol. The second-order valence-corrected chi connectivity index (χ2v) is 5.64. The van der Waals surface area contributed by atoms with Gasteiger partial charge in [-0.25, -0.2) is 0 Å². The third kappa shape index (κ3) is 4.18. The van der Waals surface area contributed by atoms with Crippen molar-refractivity contribution in [2.45, 2.75) is 33.7 Å². The molecule has 1 aromatic carbocycles. The minimum atomic E-state index is -0.0968. The Balaban J connectivity index is 1.89. The van der Waals surface area contributed by atoms with E-state index in [0.29, 0.717) is 12.4 Å². The molecule has 0 atom stereocenters. The van der Waals surface area contributed by atoms with Gasteiger partial charge >= 0.3 is 0 Å². The number of nitrogens with one attached hydrogen (secondary N) is 1. The van der Waals surface area contributed by atoms with Gasteiger partial charge in [0, 0.05) is 12.1 Å². The van der Waals surface area contributed by atoms with E-state index >= 15 is 0 Å². The highest BCUT2D eigenvalue weighted by atomic mass is 16.5. The third-order valence-electron chi connectivity index (χ3n) is 3.58. The number of aromatic nitrogens is 1. The summed E-state index contributed by atoms with van der Waals surface area (Å²) in [7, 11) is 1.92. The smallest absolute Gasteiger partial charge is 0.240 e. The number of anilines is 1. The molecule has 0 fully saturated rings. The Morgan fingerprint density at radius 1 is 1.27 bits per heavy atom. The first-order valence-corrected chi connectivity index (χ1v) is 7.48. The van der Waals surface area contributed by atoms with Gasteiger partial charge in [-0.2, -0.15) is 0 Å². The molecule has 1 heterocycles. The summed E-state index contributed by atoms with van der Waals surface area (Å²) in [5.74, 6) is 0.370. The SMILES string of the molecule is CCc1c(C)noc1NC(=O)CN(C)Cc1ccc(C)cc1. The highest BCUT2D eigenvalue weighted by Gasteiger charge is 2.15. The monoisotopic (exact) mass is 301 g/mol. The number of hydrogen-bond donors (Lipinski definition) is 1. The van der Waals surface area contributed by atoms with Crippen LogP contribution in [0.25, 0.3) is 0 Å². The maximum Gasteiger partial charge on any atom is 0.240 e. The summed E-state index contributed by atoms with van der Waals surface area (Å²) in [6, 6.07) is 8.32. The van der Waals surface area contributed by atoms with E-state index in [1.165, 1.54) is 11.1 Å². The molecule has 0 bridgehead atoms. The molecule has 0 saturated heterocycles. The molecule has 0 unspecified atom stereocenters. The van der Waals surface area contributed by atoms with E-state index in [-0.39, 0.29) is 5.91 Å². The second-order valence-electron chi connectivity index (χ2n) is 5.64. The molecule has 1 aromatic heterocycles. The van der Waals surface area contributed by atoms with Crippen molar-refractivity contribution in [1.29, 1.82) is 0 Å². The summed E-state index contributed by atoms with van der Waals surface area (Å²) in [5.41, 5.74) is 4.20. The first-order valence-electron chi connectivity index (χ1n) is 7.48. The molecule has 22 heavy (non-hydrogen) atoms. The van der Waals surface area contributed by atoms with Gasteiger partial charge in [0.1, 0.15) is 0 Å². The fraction of sp³-hybridized carbons (Fsp3) is 0.412. The molecule has 2 rings (SSSR count). The van der Waals surface area contributed by atoms with Crippen LogP contribution in [0, 0.1) is 13.8 Å². The van der Waals surface area contributed by atoms with E-state index in [4.69, 9.17) is 4.52 Å². The van der Waals surface area contributed by atoms with Crippen molar-refractivity contribution >= 4 is 11.8 Å². The number of hydrogen-bond acceptors (Lipinski definition) is 4. The largest absolute Gasteiger partial charge is 0.338 e. The van der Waals surface area contributed by atoms with E-state index in [2.05, 4.69) is 41.7 Å². The number of nitrogens with zero attached hydrogens (tertiary/aromatic N) is 2. The van der Waals surface area contributed by atoms with Crippen LogP contribution in [0.4, 0.5) is 5.88 Å². The summed E-state index contributed by atoms with van der Waals surface area (Å²) in [6.45, 7) is 6.98. The molecular formula is C17H23N3O2. The van der Waals surface area contributed by atoms with Gasteiger partial charge < -0.3 is 4.52 Å². The van der Waals surface area contributed by atoms with Gasteiger partial charge in [0.05, 0.1) is 12.2 Å². The van der Waals surface area contributed by atoms with Gasteiger partial charge in [0.15, 0.2) is 0 Å². The van der Waals surface area contributed by atoms with Crippen LogP contribution in [-0.4, -0.2) is 29.6 Å². The lowest BCUT2D eigenvalue weighted by Crippen LogP contribution is -2.30. The van der Waals surface area contributed by atoms with Crippen molar-refractivity contribution in [1.82, 2.24) is 10.1 Å². The number of carbonyl (C=O) groups is 1. The lowest BCUT2D eigenvalue weighted by atomic mass is 10.1. The van der Waals surface area contributed by atoms with Gasteiger partial charge in [0.2, 0.25) is 11.8 Å². The van der Waals surface area contributed by atoms with Crippen LogP contribution >= 0.6 is 0 Å². The first-order chi connectivity index (χ1) is 10.5. The lowest BCUT2D eigenvalue weighted by Gasteiger charge is -2.16. The number of aryl methyl sites for hydroxylation is 2. The average Bonchev–Trinajstić information content (AvgIpc) is 2.81. The average molecular weight is 301 g/mol. The van der Waals surface area contributed by atoms with Gasteiger partial charge in [-0.3, -0.25) is 15.0 Å². The Morgan fingerprint density at radius 3 is 2.59 bits per heavy atom. The highest BCUT2D eigenvalue weighted by Crippen LogP contribution is 2.19. The Bertz CT molecular complexity index is 632. The summed E-state index contributed by atoms with van der Waals surface area (Å²) in [5, 5.41) is 6.69. The standard InChI is InChI=1S/C17H23N3O2/c1-5-15-13(3)19-22-17(15)18-16(21)11-20(4)10-14-8-6-12(2)7-9-14/h6-9H,5,10-11H2,1-4H3,(H,18,21). The van der Waals surface area contributed by atoms with Gasteiger partial charge in [-0.15, -0.1) is 0 Å². The predicted molar refractivity (Wildman–Crippen MR) is 86.8 cm³/mol. The normalized spacial score (nSPS) is 11.0. The highest BCUT2D eigenvalue weighted by molar-refractivity contribution is 5.91. The zero-order valence-electron chi connectivity index (χ0n) is 13.6. The van der Waals surface area contributed by atoms with Crippen LogP contribution < -0.4 is 5.32 Å². The molecule has 0 aliphatic rings.